The standard InChI is InChI=1S/C14H18ClNOS/c15-14-7-6-13(18-14)12(17)9-16-8-2-4-10-3-1-5-11(10)16/h6-7,10-11H,1-5,8-9H2. The molecule has 2 nitrogen and oxygen atoms in total. The summed E-state index contributed by atoms with van der Waals surface area (Å²) in [6, 6.07) is 4.33. The number of fused-ring (bicyclic) bond motifs is 1. The van der Waals surface area contributed by atoms with E-state index in [9.17, 15) is 4.79 Å². The zero-order chi connectivity index (χ0) is 12.5. The van der Waals surface area contributed by atoms with E-state index < -0.39 is 0 Å². The second-order valence-corrected chi connectivity index (χ2v) is 7.11. The number of hydrogen-bond donors (Lipinski definition) is 0. The molecule has 2 unspecified atom stereocenters. The summed E-state index contributed by atoms with van der Waals surface area (Å²) in [7, 11) is 0. The van der Waals surface area contributed by atoms with Gasteiger partial charge in [-0.2, -0.15) is 0 Å². The van der Waals surface area contributed by atoms with Gasteiger partial charge >= 0.3 is 0 Å². The molecule has 1 saturated heterocycles. The summed E-state index contributed by atoms with van der Waals surface area (Å²) < 4.78 is 0.704. The molecule has 3 rings (SSSR count). The number of hydrogen-bond acceptors (Lipinski definition) is 3. The van der Waals surface area contributed by atoms with Crippen molar-refractivity contribution in [2.75, 3.05) is 13.1 Å². The molecular formula is C14H18ClNOS. The molecule has 2 aliphatic rings. The molecule has 0 spiro atoms. The molecule has 1 aromatic heterocycles. The average Bonchev–Trinajstić information content (AvgIpc) is 2.97. The van der Waals surface area contributed by atoms with Crippen LogP contribution in [0.3, 0.4) is 0 Å². The highest BCUT2D eigenvalue weighted by molar-refractivity contribution is 7.18. The number of carbonyl (C=O) groups excluding carboxylic acids is 1. The quantitative estimate of drug-likeness (QED) is 0.786. The maximum atomic E-state index is 12.2. The van der Waals surface area contributed by atoms with Gasteiger partial charge in [-0.15, -0.1) is 11.3 Å². The number of likely N-dealkylation sites (tertiary alicyclic amines) is 1. The first-order valence-electron chi connectivity index (χ1n) is 6.76. The lowest BCUT2D eigenvalue weighted by molar-refractivity contribution is 0.0780. The molecule has 0 bridgehead atoms. The van der Waals surface area contributed by atoms with Crippen molar-refractivity contribution in [1.82, 2.24) is 4.90 Å². The summed E-state index contributed by atoms with van der Waals surface area (Å²) in [4.78, 5) is 15.4. The number of ketones is 1. The molecule has 4 heteroatoms. The Hall–Kier alpha value is -0.380. The molecule has 18 heavy (non-hydrogen) atoms. The summed E-state index contributed by atoms with van der Waals surface area (Å²) in [5.41, 5.74) is 0. The van der Waals surface area contributed by atoms with Gasteiger partial charge in [-0.3, -0.25) is 9.69 Å². The Morgan fingerprint density at radius 3 is 2.94 bits per heavy atom. The molecule has 1 aliphatic heterocycles. The predicted octanol–water partition coefficient (Wildman–Crippen LogP) is 3.85. The van der Waals surface area contributed by atoms with Crippen LogP contribution in [0.25, 0.3) is 0 Å². The lowest BCUT2D eigenvalue weighted by Crippen LogP contribution is -2.44. The fraction of sp³-hybridized carbons (Fsp3) is 0.643. The zero-order valence-corrected chi connectivity index (χ0v) is 12.0. The highest BCUT2D eigenvalue weighted by Crippen LogP contribution is 2.36. The fourth-order valence-corrected chi connectivity index (χ4v) is 4.45. The molecule has 2 fully saturated rings. The second-order valence-electron chi connectivity index (χ2n) is 5.40. The smallest absolute Gasteiger partial charge is 0.186 e. The normalized spacial score (nSPS) is 28.3. The van der Waals surface area contributed by atoms with Crippen molar-refractivity contribution in [1.29, 1.82) is 0 Å². The van der Waals surface area contributed by atoms with Crippen LogP contribution >= 0.6 is 22.9 Å². The highest BCUT2D eigenvalue weighted by Gasteiger charge is 2.35. The van der Waals surface area contributed by atoms with E-state index in [2.05, 4.69) is 4.90 Å². The van der Waals surface area contributed by atoms with Gasteiger partial charge in [-0.05, 0) is 50.3 Å². The molecule has 1 aliphatic carbocycles. The maximum Gasteiger partial charge on any atom is 0.186 e. The summed E-state index contributed by atoms with van der Waals surface area (Å²) in [5, 5.41) is 0. The van der Waals surface area contributed by atoms with Crippen molar-refractivity contribution in [3.63, 3.8) is 0 Å². The van der Waals surface area contributed by atoms with E-state index in [1.165, 1.54) is 43.4 Å². The molecule has 2 heterocycles. The lowest BCUT2D eigenvalue weighted by Gasteiger charge is -2.37. The van der Waals surface area contributed by atoms with E-state index in [0.717, 1.165) is 17.3 Å². The Morgan fingerprint density at radius 1 is 1.33 bits per heavy atom. The topological polar surface area (TPSA) is 20.3 Å². The zero-order valence-electron chi connectivity index (χ0n) is 10.4. The number of halogens is 1. The van der Waals surface area contributed by atoms with Crippen molar-refractivity contribution < 1.29 is 4.79 Å². The molecule has 1 aromatic rings. The van der Waals surface area contributed by atoms with Crippen molar-refractivity contribution in [2.24, 2.45) is 5.92 Å². The van der Waals surface area contributed by atoms with Crippen LogP contribution in [0.15, 0.2) is 12.1 Å². The maximum absolute atomic E-state index is 12.2. The second kappa shape index (κ2) is 5.32. The van der Waals surface area contributed by atoms with Gasteiger partial charge in [0.05, 0.1) is 15.8 Å². The minimum absolute atomic E-state index is 0.236. The summed E-state index contributed by atoms with van der Waals surface area (Å²) >= 11 is 7.29. The Balaban J connectivity index is 1.66. The largest absolute Gasteiger partial charge is 0.293 e. The monoisotopic (exact) mass is 283 g/mol. The minimum atomic E-state index is 0.236. The van der Waals surface area contributed by atoms with Crippen LogP contribution in [0.5, 0.6) is 0 Å². The van der Waals surface area contributed by atoms with Crippen LogP contribution in [0.4, 0.5) is 0 Å². The van der Waals surface area contributed by atoms with Crippen LogP contribution < -0.4 is 0 Å². The van der Waals surface area contributed by atoms with Crippen LogP contribution in [0.2, 0.25) is 4.34 Å². The van der Waals surface area contributed by atoms with Gasteiger partial charge in [-0.25, -0.2) is 0 Å². The lowest BCUT2D eigenvalue weighted by atomic mass is 9.92. The van der Waals surface area contributed by atoms with Gasteiger partial charge in [0.2, 0.25) is 0 Å². The Labute approximate surface area is 117 Å². The minimum Gasteiger partial charge on any atom is -0.293 e. The first-order valence-corrected chi connectivity index (χ1v) is 7.96. The first-order chi connectivity index (χ1) is 8.74. The van der Waals surface area contributed by atoms with Gasteiger partial charge in [0.15, 0.2) is 5.78 Å². The van der Waals surface area contributed by atoms with Crippen molar-refractivity contribution in [2.45, 2.75) is 38.1 Å². The van der Waals surface area contributed by atoms with Gasteiger partial charge in [0.1, 0.15) is 0 Å². The highest BCUT2D eigenvalue weighted by atomic mass is 35.5. The first kappa shape index (κ1) is 12.6. The van der Waals surface area contributed by atoms with E-state index in [1.807, 2.05) is 12.1 Å². The molecule has 0 N–H and O–H groups in total. The van der Waals surface area contributed by atoms with Crippen molar-refractivity contribution >= 4 is 28.7 Å². The molecule has 0 radical (unpaired) electrons. The van der Waals surface area contributed by atoms with Crippen LogP contribution in [-0.2, 0) is 0 Å². The van der Waals surface area contributed by atoms with E-state index >= 15 is 0 Å². The van der Waals surface area contributed by atoms with Gasteiger partial charge in [0, 0.05) is 6.04 Å². The molecular weight excluding hydrogens is 266 g/mol. The third-order valence-electron chi connectivity index (χ3n) is 4.30. The summed E-state index contributed by atoms with van der Waals surface area (Å²) in [5.74, 6) is 1.08. The van der Waals surface area contributed by atoms with Crippen molar-refractivity contribution in [3.8, 4) is 0 Å². The number of thiophene rings is 1. The number of rotatable bonds is 3. The molecule has 2 atom stereocenters. The summed E-state index contributed by atoms with van der Waals surface area (Å²) in [6.45, 7) is 1.67. The summed E-state index contributed by atoms with van der Waals surface area (Å²) in [6.07, 6.45) is 6.59. The van der Waals surface area contributed by atoms with Gasteiger partial charge < -0.3 is 0 Å². The predicted molar refractivity (Wildman–Crippen MR) is 75.6 cm³/mol. The number of Topliss-reactive ketones (excluding diaryl/α,β-unsaturated/α-hetero) is 1. The Morgan fingerprint density at radius 2 is 2.17 bits per heavy atom. The van der Waals surface area contributed by atoms with E-state index in [1.54, 1.807) is 0 Å². The van der Waals surface area contributed by atoms with E-state index in [0.29, 0.717) is 16.9 Å². The number of nitrogens with zero attached hydrogens (tertiary/aromatic N) is 1. The van der Waals surface area contributed by atoms with Crippen molar-refractivity contribution in [3.05, 3.63) is 21.3 Å². The molecule has 0 aromatic carbocycles. The Kier molecular flexibility index (Phi) is 3.73. The molecule has 0 amide bonds. The van der Waals surface area contributed by atoms with Crippen LogP contribution in [0.1, 0.15) is 41.8 Å². The van der Waals surface area contributed by atoms with Crippen LogP contribution in [0, 0.1) is 5.92 Å². The molecule has 98 valence electrons. The van der Waals surface area contributed by atoms with Crippen LogP contribution in [-0.4, -0.2) is 29.8 Å². The van der Waals surface area contributed by atoms with Gasteiger partial charge in [-0.1, -0.05) is 18.0 Å². The average molecular weight is 284 g/mol. The SMILES string of the molecule is O=C(CN1CCCC2CCCC21)c1ccc(Cl)s1. The van der Waals surface area contributed by atoms with E-state index in [-0.39, 0.29) is 5.78 Å². The van der Waals surface area contributed by atoms with Gasteiger partial charge in [0.25, 0.3) is 0 Å². The molecule has 1 saturated carbocycles. The third-order valence-corrected chi connectivity index (χ3v) is 5.58. The fourth-order valence-electron chi connectivity index (χ4n) is 3.48. The van der Waals surface area contributed by atoms with E-state index in [4.69, 9.17) is 11.6 Å². The Bertz CT molecular complexity index is 445. The number of piperidine rings is 1. The number of carbonyl (C=O) groups is 1. The third kappa shape index (κ3) is 2.49.